The molecule has 0 saturated heterocycles. The van der Waals surface area contributed by atoms with Gasteiger partial charge in [-0.05, 0) is 37.6 Å². The monoisotopic (exact) mass is 306 g/mol. The van der Waals surface area contributed by atoms with Crippen molar-refractivity contribution in [2.24, 2.45) is 0 Å². The standard InChI is InChI=1S/C15H18N2O3S/c1-4-12(14(18)19-3)20-11-7-5-10(6-8-11)13-9(2)21-15(16)17-13/h5-8,12H,4H2,1-3H3,(H2,16,17). The summed E-state index contributed by atoms with van der Waals surface area (Å²) in [6.45, 7) is 3.86. The third-order valence-electron chi connectivity index (χ3n) is 3.05. The van der Waals surface area contributed by atoms with Crippen LogP contribution in [0.2, 0.25) is 0 Å². The van der Waals surface area contributed by atoms with Crippen molar-refractivity contribution in [3.63, 3.8) is 0 Å². The Balaban J connectivity index is 2.15. The number of nitrogens with zero attached hydrogens (tertiary/aromatic N) is 1. The first-order chi connectivity index (χ1) is 10.0. The fraction of sp³-hybridized carbons (Fsp3) is 0.333. The molecule has 2 N–H and O–H groups in total. The van der Waals surface area contributed by atoms with E-state index in [2.05, 4.69) is 4.98 Å². The van der Waals surface area contributed by atoms with Gasteiger partial charge in [-0.25, -0.2) is 9.78 Å². The summed E-state index contributed by atoms with van der Waals surface area (Å²) in [7, 11) is 1.35. The Morgan fingerprint density at radius 3 is 2.52 bits per heavy atom. The van der Waals surface area contributed by atoms with Gasteiger partial charge in [-0.3, -0.25) is 0 Å². The average Bonchev–Trinajstić information content (AvgIpc) is 2.83. The van der Waals surface area contributed by atoms with Crippen LogP contribution in [-0.4, -0.2) is 24.2 Å². The second kappa shape index (κ2) is 6.58. The Bertz CT molecular complexity index is 622. The minimum atomic E-state index is -0.586. The zero-order valence-corrected chi connectivity index (χ0v) is 13.1. The van der Waals surface area contributed by atoms with E-state index in [-0.39, 0.29) is 5.97 Å². The van der Waals surface area contributed by atoms with E-state index in [0.717, 1.165) is 16.1 Å². The molecule has 0 fully saturated rings. The predicted octanol–water partition coefficient (Wildman–Crippen LogP) is 3.03. The Hall–Kier alpha value is -2.08. The topological polar surface area (TPSA) is 74.4 Å². The van der Waals surface area contributed by atoms with E-state index in [1.165, 1.54) is 18.4 Å². The number of hydrogen-bond donors (Lipinski definition) is 1. The molecule has 0 spiro atoms. The molecule has 5 nitrogen and oxygen atoms in total. The lowest BCUT2D eigenvalue weighted by Gasteiger charge is -2.15. The van der Waals surface area contributed by atoms with Crippen LogP contribution in [0.5, 0.6) is 5.75 Å². The minimum Gasteiger partial charge on any atom is -0.479 e. The van der Waals surface area contributed by atoms with Crippen molar-refractivity contribution in [3.05, 3.63) is 29.1 Å². The van der Waals surface area contributed by atoms with Crippen LogP contribution in [0.15, 0.2) is 24.3 Å². The van der Waals surface area contributed by atoms with Gasteiger partial charge in [0.25, 0.3) is 0 Å². The fourth-order valence-corrected chi connectivity index (χ4v) is 2.68. The zero-order valence-electron chi connectivity index (χ0n) is 12.3. The van der Waals surface area contributed by atoms with Crippen LogP contribution in [0.4, 0.5) is 5.13 Å². The van der Waals surface area contributed by atoms with Gasteiger partial charge in [0, 0.05) is 10.4 Å². The van der Waals surface area contributed by atoms with E-state index in [4.69, 9.17) is 15.2 Å². The molecule has 0 aliphatic carbocycles. The molecule has 1 aromatic heterocycles. The fourth-order valence-electron chi connectivity index (χ4n) is 1.97. The van der Waals surface area contributed by atoms with Gasteiger partial charge < -0.3 is 15.2 Å². The lowest BCUT2D eigenvalue weighted by atomic mass is 10.1. The number of hydrogen-bond acceptors (Lipinski definition) is 6. The number of carbonyl (C=O) groups is 1. The van der Waals surface area contributed by atoms with Crippen LogP contribution in [-0.2, 0) is 9.53 Å². The molecule has 1 aromatic carbocycles. The highest BCUT2D eigenvalue weighted by atomic mass is 32.1. The van der Waals surface area contributed by atoms with Gasteiger partial charge in [-0.1, -0.05) is 6.92 Å². The molecule has 21 heavy (non-hydrogen) atoms. The molecule has 2 aromatic rings. The van der Waals surface area contributed by atoms with E-state index in [1.54, 1.807) is 0 Å². The number of thiazole rings is 1. The molecule has 2 rings (SSSR count). The van der Waals surface area contributed by atoms with Crippen LogP contribution in [0.3, 0.4) is 0 Å². The molecule has 112 valence electrons. The number of benzene rings is 1. The number of rotatable bonds is 5. The lowest BCUT2D eigenvalue weighted by Crippen LogP contribution is -2.27. The van der Waals surface area contributed by atoms with Crippen molar-refractivity contribution in [3.8, 4) is 17.0 Å². The molecule has 1 heterocycles. The Kier molecular flexibility index (Phi) is 4.80. The predicted molar refractivity (Wildman–Crippen MR) is 83.4 cm³/mol. The van der Waals surface area contributed by atoms with Crippen LogP contribution >= 0.6 is 11.3 Å². The quantitative estimate of drug-likeness (QED) is 0.859. The van der Waals surface area contributed by atoms with Crippen LogP contribution in [0.25, 0.3) is 11.3 Å². The number of carbonyl (C=O) groups excluding carboxylic acids is 1. The van der Waals surface area contributed by atoms with E-state index < -0.39 is 6.10 Å². The van der Waals surface area contributed by atoms with Crippen LogP contribution in [0, 0.1) is 6.92 Å². The molecular formula is C15H18N2O3S. The lowest BCUT2D eigenvalue weighted by molar-refractivity contribution is -0.148. The summed E-state index contributed by atoms with van der Waals surface area (Å²) in [4.78, 5) is 16.9. The number of nitrogens with two attached hydrogens (primary N) is 1. The number of ether oxygens (including phenoxy) is 2. The smallest absolute Gasteiger partial charge is 0.347 e. The third kappa shape index (κ3) is 3.52. The minimum absolute atomic E-state index is 0.371. The van der Waals surface area contributed by atoms with E-state index in [9.17, 15) is 4.79 Å². The molecule has 0 aliphatic heterocycles. The van der Waals surface area contributed by atoms with Crippen molar-refractivity contribution in [2.75, 3.05) is 12.8 Å². The van der Waals surface area contributed by atoms with Crippen LogP contribution in [0.1, 0.15) is 18.2 Å². The van der Waals surface area contributed by atoms with Gasteiger partial charge in [0.2, 0.25) is 0 Å². The van der Waals surface area contributed by atoms with Crippen LogP contribution < -0.4 is 10.5 Å². The van der Waals surface area contributed by atoms with Gasteiger partial charge >= 0.3 is 5.97 Å². The van der Waals surface area contributed by atoms with Gasteiger partial charge in [0.05, 0.1) is 12.8 Å². The number of anilines is 1. The third-order valence-corrected chi connectivity index (χ3v) is 3.85. The van der Waals surface area contributed by atoms with Crippen molar-refractivity contribution in [2.45, 2.75) is 26.4 Å². The first kappa shape index (κ1) is 15.3. The van der Waals surface area contributed by atoms with Crippen molar-refractivity contribution >= 4 is 22.4 Å². The summed E-state index contributed by atoms with van der Waals surface area (Å²) >= 11 is 1.46. The van der Waals surface area contributed by atoms with Gasteiger partial charge in [0.15, 0.2) is 11.2 Å². The van der Waals surface area contributed by atoms with Crippen molar-refractivity contribution in [1.29, 1.82) is 0 Å². The molecule has 6 heteroatoms. The summed E-state index contributed by atoms with van der Waals surface area (Å²) < 4.78 is 10.3. The highest BCUT2D eigenvalue weighted by Crippen LogP contribution is 2.30. The van der Waals surface area contributed by atoms with Gasteiger partial charge in [-0.2, -0.15) is 0 Å². The maximum Gasteiger partial charge on any atom is 0.347 e. The summed E-state index contributed by atoms with van der Waals surface area (Å²) in [5, 5.41) is 0.555. The Morgan fingerprint density at radius 1 is 1.38 bits per heavy atom. The molecular weight excluding hydrogens is 288 g/mol. The first-order valence-electron chi connectivity index (χ1n) is 6.63. The maximum absolute atomic E-state index is 11.5. The summed E-state index contributed by atoms with van der Waals surface area (Å²) in [5.74, 6) is 0.251. The normalized spacial score (nSPS) is 12.0. The Morgan fingerprint density at radius 2 is 2.05 bits per heavy atom. The van der Waals surface area contributed by atoms with E-state index >= 15 is 0 Å². The molecule has 0 amide bonds. The first-order valence-corrected chi connectivity index (χ1v) is 7.44. The zero-order chi connectivity index (χ0) is 15.4. The molecule has 0 saturated carbocycles. The summed E-state index contributed by atoms with van der Waals surface area (Å²) in [6.07, 6.45) is -0.0339. The number of aromatic nitrogens is 1. The van der Waals surface area contributed by atoms with E-state index in [1.807, 2.05) is 38.1 Å². The number of nitrogen functional groups attached to an aromatic ring is 1. The Labute approximate surface area is 127 Å². The molecule has 0 radical (unpaired) electrons. The average molecular weight is 306 g/mol. The van der Waals surface area contributed by atoms with Crippen molar-refractivity contribution < 1.29 is 14.3 Å². The molecule has 1 unspecified atom stereocenters. The van der Waals surface area contributed by atoms with E-state index in [0.29, 0.717) is 17.3 Å². The number of methoxy groups -OCH3 is 1. The van der Waals surface area contributed by atoms with Gasteiger partial charge in [0.1, 0.15) is 5.75 Å². The summed E-state index contributed by atoms with van der Waals surface area (Å²) in [5.41, 5.74) is 7.56. The second-order valence-electron chi connectivity index (χ2n) is 4.52. The molecule has 0 bridgehead atoms. The van der Waals surface area contributed by atoms with Gasteiger partial charge in [-0.15, -0.1) is 11.3 Å². The second-order valence-corrected chi connectivity index (χ2v) is 5.75. The maximum atomic E-state index is 11.5. The number of aryl methyl sites for hydroxylation is 1. The SMILES string of the molecule is CCC(Oc1ccc(-c2nc(N)sc2C)cc1)C(=O)OC. The molecule has 1 atom stereocenters. The number of esters is 1. The summed E-state index contributed by atoms with van der Waals surface area (Å²) in [6, 6.07) is 7.44. The highest BCUT2D eigenvalue weighted by Gasteiger charge is 2.18. The highest BCUT2D eigenvalue weighted by molar-refractivity contribution is 7.15. The largest absolute Gasteiger partial charge is 0.479 e. The van der Waals surface area contributed by atoms with Crippen molar-refractivity contribution in [1.82, 2.24) is 4.98 Å². The molecule has 0 aliphatic rings.